The summed E-state index contributed by atoms with van der Waals surface area (Å²) in [7, 11) is 0. The van der Waals surface area contributed by atoms with E-state index in [9.17, 15) is 0 Å². The van der Waals surface area contributed by atoms with Crippen LogP contribution in [0.1, 0.15) is 0 Å². The topological polar surface area (TPSA) is 113 Å². The molecule has 5 heavy (non-hydrogen) atoms. The summed E-state index contributed by atoms with van der Waals surface area (Å²) in [5, 5.41) is 8.94. The summed E-state index contributed by atoms with van der Waals surface area (Å²) in [6, 6.07) is 0. The maximum atomic E-state index is 8.94. The Morgan fingerprint density at radius 2 is 2.00 bits per heavy atom. The highest BCUT2D eigenvalue weighted by Gasteiger charge is 1.38. The van der Waals surface area contributed by atoms with Crippen molar-refractivity contribution >= 4 is 0 Å². The zero-order valence-corrected chi connectivity index (χ0v) is 2.77. The van der Waals surface area contributed by atoms with E-state index in [1.165, 1.54) is 0 Å². The fraction of sp³-hybridized carbons (Fsp3) is 0. The Bertz CT molecular complexity index is 5.61. The van der Waals surface area contributed by atoms with Crippen LogP contribution >= 0.6 is 0 Å². The third-order valence-electron chi connectivity index (χ3n) is 0.0680. The van der Waals surface area contributed by atoms with Crippen LogP contribution in [0.5, 0.6) is 0 Å². The third kappa shape index (κ3) is 19.2. The molecule has 0 bridgehead atoms. The van der Waals surface area contributed by atoms with E-state index in [-0.39, 0.29) is 6.15 Å². The average Bonchev–Trinajstić information content (AvgIpc) is 1.37. The van der Waals surface area contributed by atoms with Crippen LogP contribution in [-0.4, -0.2) is 0 Å². The molecular weight excluding hydrogens is 72.0 g/mol. The van der Waals surface area contributed by atoms with E-state index in [1.54, 1.807) is 5.53 Å². The highest BCUT2D eigenvalue weighted by atomic mass is 16.5. The van der Waals surface area contributed by atoms with Gasteiger partial charge in [0.15, 0.2) is 0 Å². The summed E-state index contributed by atoms with van der Waals surface area (Å²) in [5.74, 6) is 4.41. The lowest BCUT2D eigenvalue weighted by Crippen LogP contribution is -2.90. The second kappa shape index (κ2) is 9.20. The summed E-state index contributed by atoms with van der Waals surface area (Å²) < 4.78 is 0. The van der Waals surface area contributed by atoms with Gasteiger partial charge in [-0.15, -0.1) is 5.53 Å². The minimum Gasteiger partial charge on any atom is -0.614 e. The van der Waals surface area contributed by atoms with E-state index in [2.05, 4.69) is 5.84 Å². The molecule has 0 amide bonds. The van der Waals surface area contributed by atoms with Gasteiger partial charge in [0.1, 0.15) is 0 Å². The number of nitrogens with two attached hydrogens (primary N) is 2. The lowest BCUT2D eigenvalue weighted by atomic mass is 12.5. The first-order valence-electron chi connectivity index (χ1n) is 0.813. The van der Waals surface area contributed by atoms with Gasteiger partial charge in [0.05, 0.1) is 0 Å². The Kier molecular flexibility index (Phi) is 16.3. The number of quaternary nitrogens is 1. The number of hydrogen-bond acceptors (Lipinski definition) is 4. The van der Waals surface area contributed by atoms with E-state index >= 15 is 0 Å². The molecule has 0 saturated carbocycles. The van der Waals surface area contributed by atoms with E-state index in [0.717, 1.165) is 0 Å². The summed E-state index contributed by atoms with van der Waals surface area (Å²) in [6.07, 6.45) is 0. The molecule has 0 heterocycles. The molecule has 0 atom stereocenters. The predicted octanol–water partition coefficient (Wildman–Crippen LogP) is -2.41. The lowest BCUT2D eigenvalue weighted by Gasteiger charge is -1.90. The van der Waals surface area contributed by atoms with Gasteiger partial charge < -0.3 is 11.4 Å². The Morgan fingerprint density at radius 1 is 1.80 bits per heavy atom. The van der Waals surface area contributed by atoms with Crippen molar-refractivity contribution in [3.63, 3.8) is 0 Å². The van der Waals surface area contributed by atoms with E-state index in [4.69, 9.17) is 5.21 Å². The van der Waals surface area contributed by atoms with Crippen LogP contribution in [0.3, 0.4) is 0 Å². The number of nitrogens with one attached hydrogen (secondary N) is 1. The number of hydrazine groups is 1. The molecular formula is H8N4O. The Balaban J connectivity index is 0. The second-order valence-corrected chi connectivity index (χ2v) is 0.285. The molecule has 0 aromatic carbocycles. The van der Waals surface area contributed by atoms with Crippen LogP contribution in [0.15, 0.2) is 0 Å². The molecule has 0 fully saturated rings. The van der Waals surface area contributed by atoms with Gasteiger partial charge in [0, 0.05) is 0 Å². The van der Waals surface area contributed by atoms with Crippen LogP contribution in [0, 0.1) is 5.21 Å². The van der Waals surface area contributed by atoms with Crippen molar-refractivity contribution in [3.05, 3.63) is 5.21 Å². The molecule has 0 aromatic rings. The van der Waals surface area contributed by atoms with Crippen molar-refractivity contribution in [3.8, 4) is 0 Å². The van der Waals surface area contributed by atoms with Gasteiger partial charge in [-0.3, -0.25) is 5.59 Å². The molecule has 0 aliphatic heterocycles. The Morgan fingerprint density at radius 3 is 2.00 bits per heavy atom. The van der Waals surface area contributed by atoms with Gasteiger partial charge in [-0.05, 0) is 0 Å². The summed E-state index contributed by atoms with van der Waals surface area (Å²) in [6.45, 7) is 0. The fourth-order valence-electron chi connectivity index (χ4n) is 0. The van der Waals surface area contributed by atoms with Crippen LogP contribution in [-0.2, 0) is 0 Å². The molecule has 0 aliphatic carbocycles. The standard InChI is InChI=1S/H5N3O.H3N/c1-2-3-4;/h2H,1,3H2;1H3. The van der Waals surface area contributed by atoms with Crippen molar-refractivity contribution < 1.29 is 5.59 Å². The van der Waals surface area contributed by atoms with Crippen molar-refractivity contribution in [2.45, 2.75) is 0 Å². The van der Waals surface area contributed by atoms with Crippen LogP contribution in [0.4, 0.5) is 0 Å². The highest BCUT2D eigenvalue weighted by Crippen LogP contribution is 0.713. The zero-order chi connectivity index (χ0) is 3.41. The predicted molar refractivity (Wildman–Crippen MR) is 17.6 cm³/mol. The summed E-state index contributed by atoms with van der Waals surface area (Å²) in [4.78, 5) is 0. The molecule has 0 saturated heterocycles. The molecule has 0 aliphatic rings. The summed E-state index contributed by atoms with van der Waals surface area (Å²) in [5.41, 5.74) is 2.15. The van der Waals surface area contributed by atoms with Gasteiger partial charge in [-0.2, -0.15) is 0 Å². The van der Waals surface area contributed by atoms with E-state index in [1.807, 2.05) is 0 Å². The first kappa shape index (κ1) is 8.84. The molecule has 5 nitrogen and oxygen atoms in total. The van der Waals surface area contributed by atoms with Crippen LogP contribution in [0.2, 0.25) is 0 Å². The molecule has 0 unspecified atom stereocenters. The quantitative estimate of drug-likeness (QED) is 0.207. The third-order valence-corrected chi connectivity index (χ3v) is 0.0680. The zero-order valence-electron chi connectivity index (χ0n) is 2.77. The van der Waals surface area contributed by atoms with Gasteiger partial charge >= 0.3 is 0 Å². The number of hydrogen-bond donors (Lipinski definition) is 4. The van der Waals surface area contributed by atoms with Crippen molar-refractivity contribution in [2.24, 2.45) is 5.84 Å². The van der Waals surface area contributed by atoms with Gasteiger partial charge in [0.25, 0.3) is 0 Å². The molecule has 5 heteroatoms. The Hall–Kier alpha value is -0.200. The normalized spacial score (nSPS) is 6.00. The molecule has 0 rings (SSSR count). The Labute approximate surface area is 29.6 Å². The smallest absolute Gasteiger partial charge is 0.105 e. The van der Waals surface area contributed by atoms with Crippen molar-refractivity contribution in [2.75, 3.05) is 0 Å². The highest BCUT2D eigenvalue weighted by molar-refractivity contribution is 3.75. The van der Waals surface area contributed by atoms with E-state index < -0.39 is 0 Å². The van der Waals surface area contributed by atoms with E-state index in [0.29, 0.717) is 5.59 Å². The van der Waals surface area contributed by atoms with Crippen LogP contribution in [0.25, 0.3) is 0 Å². The molecule has 8 N–H and O–H groups in total. The van der Waals surface area contributed by atoms with Crippen LogP contribution < -0.4 is 23.1 Å². The maximum Gasteiger partial charge on any atom is -0.105 e. The van der Waals surface area contributed by atoms with Crippen molar-refractivity contribution in [1.29, 1.82) is 0 Å². The lowest BCUT2D eigenvalue weighted by molar-refractivity contribution is -0.651. The van der Waals surface area contributed by atoms with Gasteiger partial charge in [0.2, 0.25) is 0 Å². The summed E-state index contributed by atoms with van der Waals surface area (Å²) >= 11 is 0. The minimum absolute atomic E-state index is 0. The largest absolute Gasteiger partial charge is 0.614 e. The average molecular weight is 80.1 g/mol. The minimum atomic E-state index is 0. The second-order valence-electron chi connectivity index (χ2n) is 0.285. The SMILES string of the molecule is N.NN[NH2+][O-]. The number of rotatable bonds is 1. The maximum absolute atomic E-state index is 8.94. The molecule has 34 valence electrons. The molecule has 0 radical (unpaired) electrons. The first-order chi connectivity index (χ1) is 1.91. The fourth-order valence-corrected chi connectivity index (χ4v) is 0. The van der Waals surface area contributed by atoms with Gasteiger partial charge in [-0.25, -0.2) is 5.84 Å². The van der Waals surface area contributed by atoms with Crippen molar-refractivity contribution in [1.82, 2.24) is 11.7 Å². The monoisotopic (exact) mass is 80.1 g/mol. The van der Waals surface area contributed by atoms with Gasteiger partial charge in [-0.1, -0.05) is 0 Å². The first-order valence-corrected chi connectivity index (χ1v) is 0.813. The molecule has 0 aromatic heterocycles. The molecule has 0 spiro atoms.